The predicted molar refractivity (Wildman–Crippen MR) is 61.9 cm³/mol. The van der Waals surface area contributed by atoms with Gasteiger partial charge in [0.15, 0.2) is 0 Å². The molecular weight excluding hydrogens is 188 g/mol. The fourth-order valence-corrected chi connectivity index (χ4v) is 1.56. The van der Waals surface area contributed by atoms with Crippen LogP contribution in [0.1, 0.15) is 27.9 Å². The maximum Gasteiger partial charge on any atom is 0.251 e. The van der Waals surface area contributed by atoms with Gasteiger partial charge in [0.05, 0.1) is 0 Å². The van der Waals surface area contributed by atoms with Gasteiger partial charge in [-0.15, -0.1) is 0 Å². The first kappa shape index (κ1) is 11.7. The molecule has 1 amide bonds. The molecule has 1 aromatic rings. The summed E-state index contributed by atoms with van der Waals surface area (Å²) in [5.74, 6) is -0.000880. The largest absolute Gasteiger partial charge is 0.352 e. The zero-order valence-corrected chi connectivity index (χ0v) is 9.34. The number of benzene rings is 1. The molecule has 0 aliphatic heterocycles. The molecule has 0 fully saturated rings. The fraction of sp³-hybridized carbons (Fsp3) is 0.417. The summed E-state index contributed by atoms with van der Waals surface area (Å²) in [6.07, 6.45) is 0.816. The van der Waals surface area contributed by atoms with Crippen molar-refractivity contribution < 1.29 is 4.79 Å². The van der Waals surface area contributed by atoms with Crippen LogP contribution in [0, 0.1) is 13.8 Å². The van der Waals surface area contributed by atoms with Crippen molar-refractivity contribution in [1.29, 1.82) is 0 Å². The van der Waals surface area contributed by atoms with E-state index in [9.17, 15) is 4.79 Å². The molecule has 0 heterocycles. The van der Waals surface area contributed by atoms with E-state index in [2.05, 4.69) is 5.32 Å². The van der Waals surface area contributed by atoms with E-state index >= 15 is 0 Å². The van der Waals surface area contributed by atoms with E-state index in [4.69, 9.17) is 5.73 Å². The summed E-state index contributed by atoms with van der Waals surface area (Å²) in [4.78, 5) is 11.8. The smallest absolute Gasteiger partial charge is 0.251 e. The number of amides is 1. The van der Waals surface area contributed by atoms with E-state index in [0.717, 1.165) is 23.1 Å². The molecule has 1 aromatic carbocycles. The molecule has 3 N–H and O–H groups in total. The molecule has 0 spiro atoms. The topological polar surface area (TPSA) is 55.1 Å². The zero-order valence-electron chi connectivity index (χ0n) is 9.34. The highest BCUT2D eigenvalue weighted by Gasteiger charge is 2.10. The first-order valence-electron chi connectivity index (χ1n) is 5.21. The highest BCUT2D eigenvalue weighted by atomic mass is 16.1. The Kier molecular flexibility index (Phi) is 4.31. The van der Waals surface area contributed by atoms with Crippen LogP contribution in [0.3, 0.4) is 0 Å². The second-order valence-corrected chi connectivity index (χ2v) is 3.66. The third-order valence-electron chi connectivity index (χ3n) is 2.37. The van der Waals surface area contributed by atoms with Crippen LogP contribution < -0.4 is 11.1 Å². The molecular formula is C12H18N2O. The monoisotopic (exact) mass is 206 g/mol. The fourth-order valence-electron chi connectivity index (χ4n) is 1.56. The number of hydrogen-bond donors (Lipinski definition) is 2. The second kappa shape index (κ2) is 5.51. The number of rotatable bonds is 4. The maximum atomic E-state index is 11.8. The Hall–Kier alpha value is -1.35. The van der Waals surface area contributed by atoms with E-state index in [-0.39, 0.29) is 5.91 Å². The van der Waals surface area contributed by atoms with Crippen molar-refractivity contribution in [2.24, 2.45) is 5.73 Å². The average molecular weight is 206 g/mol. The van der Waals surface area contributed by atoms with Crippen LogP contribution in [0.2, 0.25) is 0 Å². The average Bonchev–Trinajstić information content (AvgIpc) is 2.18. The summed E-state index contributed by atoms with van der Waals surface area (Å²) >= 11 is 0. The molecule has 3 heteroatoms. The van der Waals surface area contributed by atoms with E-state index < -0.39 is 0 Å². The number of aryl methyl sites for hydroxylation is 2. The summed E-state index contributed by atoms with van der Waals surface area (Å²) in [5.41, 5.74) is 8.18. The number of nitrogens with one attached hydrogen (secondary N) is 1. The Morgan fingerprint density at radius 2 is 1.93 bits per heavy atom. The summed E-state index contributed by atoms with van der Waals surface area (Å²) in [5, 5.41) is 2.86. The molecule has 1 rings (SSSR count). The van der Waals surface area contributed by atoms with Gasteiger partial charge < -0.3 is 11.1 Å². The third kappa shape index (κ3) is 3.06. The van der Waals surface area contributed by atoms with Crippen LogP contribution in [0.15, 0.2) is 18.2 Å². The standard InChI is InChI=1S/C12H18N2O/c1-9-5-3-6-10(2)11(9)12(15)14-8-4-7-13/h3,5-6H,4,7-8,13H2,1-2H3,(H,14,15). The number of carbonyl (C=O) groups is 1. The molecule has 3 nitrogen and oxygen atoms in total. The quantitative estimate of drug-likeness (QED) is 0.731. The summed E-state index contributed by atoms with van der Waals surface area (Å²) in [6.45, 7) is 5.14. The lowest BCUT2D eigenvalue weighted by Crippen LogP contribution is -2.27. The van der Waals surface area contributed by atoms with Crippen LogP contribution in [0.5, 0.6) is 0 Å². The minimum absolute atomic E-state index is 0.000880. The van der Waals surface area contributed by atoms with Crippen molar-refractivity contribution in [3.63, 3.8) is 0 Å². The van der Waals surface area contributed by atoms with Gasteiger partial charge in [0, 0.05) is 12.1 Å². The van der Waals surface area contributed by atoms with Crippen LogP contribution in [-0.2, 0) is 0 Å². The SMILES string of the molecule is Cc1cccc(C)c1C(=O)NCCCN. The third-order valence-corrected chi connectivity index (χ3v) is 2.37. The number of carbonyl (C=O) groups excluding carboxylic acids is 1. The van der Waals surface area contributed by atoms with Crippen LogP contribution in [0.25, 0.3) is 0 Å². The molecule has 0 aliphatic rings. The van der Waals surface area contributed by atoms with Gasteiger partial charge in [-0.05, 0) is 37.9 Å². The Morgan fingerprint density at radius 1 is 1.33 bits per heavy atom. The Labute approximate surface area is 90.7 Å². The highest BCUT2D eigenvalue weighted by molar-refractivity contribution is 5.96. The second-order valence-electron chi connectivity index (χ2n) is 3.66. The molecule has 0 radical (unpaired) electrons. The van der Waals surface area contributed by atoms with Gasteiger partial charge in [0.1, 0.15) is 0 Å². The van der Waals surface area contributed by atoms with Crippen molar-refractivity contribution >= 4 is 5.91 Å². The first-order chi connectivity index (χ1) is 7.16. The first-order valence-corrected chi connectivity index (χ1v) is 5.21. The highest BCUT2D eigenvalue weighted by Crippen LogP contribution is 2.12. The van der Waals surface area contributed by atoms with Crippen molar-refractivity contribution in [3.05, 3.63) is 34.9 Å². The van der Waals surface area contributed by atoms with E-state index in [1.165, 1.54) is 0 Å². The molecule has 0 aromatic heterocycles. The van der Waals surface area contributed by atoms with Crippen LogP contribution >= 0.6 is 0 Å². The van der Waals surface area contributed by atoms with Gasteiger partial charge in [-0.2, -0.15) is 0 Å². The van der Waals surface area contributed by atoms with Crippen molar-refractivity contribution in [1.82, 2.24) is 5.32 Å². The lowest BCUT2D eigenvalue weighted by Gasteiger charge is -2.09. The molecule has 15 heavy (non-hydrogen) atoms. The molecule has 0 atom stereocenters. The lowest BCUT2D eigenvalue weighted by molar-refractivity contribution is 0.0952. The Balaban J connectivity index is 2.73. The van der Waals surface area contributed by atoms with E-state index in [1.54, 1.807) is 0 Å². The molecule has 0 saturated carbocycles. The van der Waals surface area contributed by atoms with Gasteiger partial charge in [-0.1, -0.05) is 18.2 Å². The molecule has 0 saturated heterocycles. The molecule has 0 bridgehead atoms. The normalized spacial score (nSPS) is 10.1. The van der Waals surface area contributed by atoms with Crippen molar-refractivity contribution in [2.75, 3.05) is 13.1 Å². The minimum atomic E-state index is -0.000880. The van der Waals surface area contributed by atoms with E-state index in [0.29, 0.717) is 13.1 Å². The zero-order chi connectivity index (χ0) is 11.3. The molecule has 0 aliphatic carbocycles. The minimum Gasteiger partial charge on any atom is -0.352 e. The van der Waals surface area contributed by atoms with Gasteiger partial charge in [0.2, 0.25) is 0 Å². The maximum absolute atomic E-state index is 11.8. The van der Waals surface area contributed by atoms with Gasteiger partial charge in [-0.3, -0.25) is 4.79 Å². The number of hydrogen-bond acceptors (Lipinski definition) is 2. The lowest BCUT2D eigenvalue weighted by atomic mass is 10.0. The van der Waals surface area contributed by atoms with Gasteiger partial charge >= 0.3 is 0 Å². The van der Waals surface area contributed by atoms with Gasteiger partial charge in [-0.25, -0.2) is 0 Å². The van der Waals surface area contributed by atoms with Crippen molar-refractivity contribution in [3.8, 4) is 0 Å². The summed E-state index contributed by atoms with van der Waals surface area (Å²) in [6, 6.07) is 5.86. The molecule has 0 unspecified atom stereocenters. The Bertz CT molecular complexity index is 327. The van der Waals surface area contributed by atoms with Crippen LogP contribution in [0.4, 0.5) is 0 Å². The van der Waals surface area contributed by atoms with Crippen molar-refractivity contribution in [2.45, 2.75) is 20.3 Å². The molecule has 82 valence electrons. The Morgan fingerprint density at radius 3 is 2.47 bits per heavy atom. The van der Waals surface area contributed by atoms with Gasteiger partial charge in [0.25, 0.3) is 5.91 Å². The van der Waals surface area contributed by atoms with E-state index in [1.807, 2.05) is 32.0 Å². The predicted octanol–water partition coefficient (Wildman–Crippen LogP) is 1.38. The van der Waals surface area contributed by atoms with Crippen LogP contribution in [-0.4, -0.2) is 19.0 Å². The summed E-state index contributed by atoms with van der Waals surface area (Å²) in [7, 11) is 0. The number of nitrogens with two attached hydrogens (primary N) is 1. The summed E-state index contributed by atoms with van der Waals surface area (Å²) < 4.78 is 0.